The highest BCUT2D eigenvalue weighted by molar-refractivity contribution is 6.18. The van der Waals surface area contributed by atoms with Gasteiger partial charge in [0.2, 0.25) is 0 Å². The second-order valence-electron chi connectivity index (χ2n) is 17.9. The normalized spacial score (nSPS) is 11.7. The molecular weight excluding hydrogens is 853 g/mol. The number of hydrogen-bond donors (Lipinski definition) is 0. The summed E-state index contributed by atoms with van der Waals surface area (Å²) in [6.07, 6.45) is 0. The number of hydrogen-bond acceptors (Lipinski definition) is 4. The molecule has 0 aliphatic rings. The van der Waals surface area contributed by atoms with Crippen molar-refractivity contribution in [1.29, 1.82) is 0 Å². The second kappa shape index (κ2) is 16.1. The zero-order valence-electron chi connectivity index (χ0n) is 37.8. The first-order valence-electron chi connectivity index (χ1n) is 23.7. The summed E-state index contributed by atoms with van der Waals surface area (Å²) in [6, 6.07) is 86.2. The number of rotatable bonds is 7. The predicted octanol–water partition coefficient (Wildman–Crippen LogP) is 17.2. The summed E-state index contributed by atoms with van der Waals surface area (Å²) in [5, 5.41) is 9.27. The molecule has 3 heterocycles. The predicted molar refractivity (Wildman–Crippen MR) is 289 cm³/mol. The molecule has 0 atom stereocenters. The lowest BCUT2D eigenvalue weighted by atomic mass is 9.84. The molecule has 3 aromatic heterocycles. The monoisotopic (exact) mass is 892 g/mol. The minimum Gasteiger partial charge on any atom is -0.456 e. The summed E-state index contributed by atoms with van der Waals surface area (Å²) in [4.78, 5) is 16.2. The van der Waals surface area contributed by atoms with Gasteiger partial charge in [-0.25, -0.2) is 15.0 Å². The summed E-state index contributed by atoms with van der Waals surface area (Å²) >= 11 is 0. The number of benzene rings is 11. The lowest BCUT2D eigenvalue weighted by molar-refractivity contribution is 0.669. The topological polar surface area (TPSA) is 56.7 Å². The highest BCUT2D eigenvalue weighted by Gasteiger charge is 2.28. The van der Waals surface area contributed by atoms with E-state index in [-0.39, 0.29) is 0 Å². The lowest BCUT2D eigenvalue weighted by Crippen LogP contribution is -2.06. The van der Waals surface area contributed by atoms with Crippen LogP contribution >= 0.6 is 0 Å². The molecule has 0 saturated heterocycles. The third-order valence-corrected chi connectivity index (χ3v) is 13.8. The summed E-state index contributed by atoms with van der Waals surface area (Å²) in [5.41, 5.74) is 13.9. The van der Waals surface area contributed by atoms with Gasteiger partial charge in [-0.2, -0.15) is 0 Å². The van der Waals surface area contributed by atoms with Gasteiger partial charge in [0.05, 0.1) is 16.7 Å². The highest BCUT2D eigenvalue weighted by atomic mass is 16.3. The Morgan fingerprint density at radius 3 is 1.34 bits per heavy atom. The lowest BCUT2D eigenvalue weighted by Gasteiger charge is -2.25. The van der Waals surface area contributed by atoms with Crippen LogP contribution in [0.25, 0.3) is 139 Å². The van der Waals surface area contributed by atoms with Gasteiger partial charge in [0, 0.05) is 54.9 Å². The maximum Gasteiger partial charge on any atom is 0.164 e. The number of nitrogens with zero attached hydrogens (tertiary/aromatic N) is 4. The van der Waals surface area contributed by atoms with Crippen LogP contribution in [0.4, 0.5) is 0 Å². The van der Waals surface area contributed by atoms with Crippen LogP contribution in [-0.4, -0.2) is 19.5 Å². The summed E-state index contributed by atoms with van der Waals surface area (Å²) in [6.45, 7) is 0. The first-order chi connectivity index (χ1) is 34.7. The highest BCUT2D eigenvalue weighted by Crippen LogP contribution is 2.50. The molecule has 0 radical (unpaired) electrons. The largest absolute Gasteiger partial charge is 0.456 e. The first-order valence-corrected chi connectivity index (χ1v) is 23.7. The van der Waals surface area contributed by atoms with Crippen LogP contribution in [0.2, 0.25) is 0 Å². The molecule has 14 aromatic rings. The molecule has 0 unspecified atom stereocenters. The van der Waals surface area contributed by atoms with Gasteiger partial charge >= 0.3 is 0 Å². The van der Waals surface area contributed by atoms with Crippen molar-refractivity contribution in [2.24, 2.45) is 0 Å². The maximum atomic E-state index is 6.43. The average Bonchev–Trinajstić information content (AvgIpc) is 3.96. The Kier molecular flexibility index (Phi) is 9.14. The van der Waals surface area contributed by atoms with E-state index in [1.54, 1.807) is 0 Å². The van der Waals surface area contributed by atoms with Crippen LogP contribution in [0.1, 0.15) is 0 Å². The van der Waals surface area contributed by atoms with Crippen molar-refractivity contribution in [3.63, 3.8) is 0 Å². The van der Waals surface area contributed by atoms with Crippen molar-refractivity contribution in [3.8, 4) is 73.2 Å². The van der Waals surface area contributed by atoms with Crippen molar-refractivity contribution >= 4 is 65.3 Å². The van der Waals surface area contributed by atoms with E-state index in [0.29, 0.717) is 17.5 Å². The summed E-state index contributed by atoms with van der Waals surface area (Å²) in [5.74, 6) is 1.70. The van der Waals surface area contributed by atoms with Gasteiger partial charge in [0.1, 0.15) is 11.2 Å². The smallest absolute Gasteiger partial charge is 0.164 e. The molecule has 14 rings (SSSR count). The van der Waals surface area contributed by atoms with Crippen LogP contribution in [0.5, 0.6) is 0 Å². The van der Waals surface area contributed by atoms with Gasteiger partial charge in [0.25, 0.3) is 0 Å². The zero-order chi connectivity index (χ0) is 46.1. The zero-order valence-corrected chi connectivity index (χ0v) is 37.8. The van der Waals surface area contributed by atoms with E-state index >= 15 is 0 Å². The van der Waals surface area contributed by atoms with Gasteiger partial charge in [-0.15, -0.1) is 0 Å². The molecule has 5 heteroatoms. The Balaban J connectivity index is 1.16. The quantitative estimate of drug-likeness (QED) is 0.160. The van der Waals surface area contributed by atoms with E-state index in [4.69, 9.17) is 19.4 Å². The van der Waals surface area contributed by atoms with E-state index in [1.165, 1.54) is 32.3 Å². The molecule has 0 aliphatic heterocycles. The van der Waals surface area contributed by atoms with Gasteiger partial charge in [-0.1, -0.05) is 194 Å². The SMILES string of the molecule is c1ccc(-c2nc(-c3ccc4c(c3)oc3ccccc34)nc(-c3cc(-c4ccccc4)c(-n4c5cc6ccccc6cc5c5cc6ccccc6cc54)c(-c4ccccc4)c3-c3ccccc3)n2)cc1. The number of para-hydroxylation sites is 1. The molecule has 0 aliphatic carbocycles. The van der Waals surface area contributed by atoms with E-state index in [9.17, 15) is 0 Å². The molecule has 0 bridgehead atoms. The van der Waals surface area contributed by atoms with E-state index in [2.05, 4.69) is 211 Å². The van der Waals surface area contributed by atoms with Gasteiger partial charge in [-0.3, -0.25) is 0 Å². The van der Waals surface area contributed by atoms with Crippen molar-refractivity contribution in [1.82, 2.24) is 19.5 Å². The van der Waals surface area contributed by atoms with Crippen molar-refractivity contribution in [2.45, 2.75) is 0 Å². The fraction of sp³-hybridized carbons (Fsp3) is 0. The minimum atomic E-state index is 0.554. The Bertz CT molecular complexity index is 4240. The number of fused-ring (bicyclic) bond motifs is 8. The van der Waals surface area contributed by atoms with Crippen LogP contribution in [0.15, 0.2) is 247 Å². The number of furan rings is 1. The molecule has 11 aromatic carbocycles. The summed E-state index contributed by atoms with van der Waals surface area (Å²) < 4.78 is 8.96. The third-order valence-electron chi connectivity index (χ3n) is 13.8. The van der Waals surface area contributed by atoms with Crippen molar-refractivity contribution < 1.29 is 4.42 Å². The number of aromatic nitrogens is 4. The Morgan fingerprint density at radius 2 is 0.743 bits per heavy atom. The average molecular weight is 893 g/mol. The fourth-order valence-electron chi connectivity index (χ4n) is 10.5. The molecule has 0 amide bonds. The van der Waals surface area contributed by atoms with Crippen LogP contribution in [-0.2, 0) is 0 Å². The van der Waals surface area contributed by atoms with E-state index in [0.717, 1.165) is 88.7 Å². The fourth-order valence-corrected chi connectivity index (χ4v) is 10.5. The van der Waals surface area contributed by atoms with E-state index in [1.807, 2.05) is 36.4 Å². The summed E-state index contributed by atoms with van der Waals surface area (Å²) in [7, 11) is 0. The molecule has 0 spiro atoms. The van der Waals surface area contributed by atoms with Crippen LogP contribution in [0, 0.1) is 0 Å². The van der Waals surface area contributed by atoms with Crippen LogP contribution in [0.3, 0.4) is 0 Å². The standard InChI is InChI=1S/C65H40N4O/c1-5-19-41(20-6-1)52-40-55(65-67-63(44-25-11-4-12-26-44)66-64(68-65)49-33-34-51-50-31-17-18-32-58(50)70-59(51)39-49)60(42-21-7-2-8-22-42)61(43-23-9-3-10-24-43)62(52)69-56-37-47-29-15-13-27-45(47)35-53(56)54-36-46-28-14-16-30-48(46)38-57(54)69/h1-40H. The van der Waals surface area contributed by atoms with Crippen molar-refractivity contribution in [3.05, 3.63) is 243 Å². The molecule has 5 nitrogen and oxygen atoms in total. The second-order valence-corrected chi connectivity index (χ2v) is 17.9. The first kappa shape index (κ1) is 39.7. The van der Waals surface area contributed by atoms with E-state index < -0.39 is 0 Å². The van der Waals surface area contributed by atoms with Gasteiger partial charge in [0.15, 0.2) is 17.5 Å². The van der Waals surface area contributed by atoms with Gasteiger partial charge in [-0.05, 0) is 86.8 Å². The Labute approximate surface area is 403 Å². The minimum absolute atomic E-state index is 0.554. The molecule has 0 saturated carbocycles. The maximum absolute atomic E-state index is 6.43. The Hall–Kier alpha value is -9.45. The molecule has 326 valence electrons. The van der Waals surface area contributed by atoms with Gasteiger partial charge < -0.3 is 8.98 Å². The molecule has 0 fully saturated rings. The molecule has 0 N–H and O–H groups in total. The third kappa shape index (κ3) is 6.51. The Morgan fingerprint density at radius 1 is 0.286 bits per heavy atom. The molecular formula is C65H40N4O. The van der Waals surface area contributed by atoms with Crippen LogP contribution < -0.4 is 0 Å². The molecule has 70 heavy (non-hydrogen) atoms. The van der Waals surface area contributed by atoms with Crippen molar-refractivity contribution in [2.75, 3.05) is 0 Å².